The second kappa shape index (κ2) is 21.2. The number of hydrogen-bond donors (Lipinski definition) is 6. The zero-order chi connectivity index (χ0) is 29.7. The van der Waals surface area contributed by atoms with Crippen molar-refractivity contribution in [1.82, 2.24) is 0 Å². The van der Waals surface area contributed by atoms with Crippen LogP contribution in [0.5, 0.6) is 0 Å². The van der Waals surface area contributed by atoms with Crippen LogP contribution in [0.3, 0.4) is 0 Å². The molecule has 2 atom stereocenters. The van der Waals surface area contributed by atoms with E-state index in [1.54, 1.807) is 0 Å². The zero-order valence-corrected chi connectivity index (χ0v) is 22.2. The highest BCUT2D eigenvalue weighted by Gasteiger charge is 2.08. The Bertz CT molecular complexity index is 830. The number of amides is 4. The van der Waals surface area contributed by atoms with Crippen LogP contribution in [0.25, 0.3) is 0 Å². The van der Waals surface area contributed by atoms with Gasteiger partial charge in [0, 0.05) is 24.7 Å². The van der Waals surface area contributed by atoms with Gasteiger partial charge in [-0.15, -0.1) is 0 Å². The topological polar surface area (TPSA) is 247 Å². The van der Waals surface area contributed by atoms with Crippen molar-refractivity contribution in [1.29, 1.82) is 0 Å². The average Bonchev–Trinajstić information content (AvgIpc) is 2.83. The summed E-state index contributed by atoms with van der Waals surface area (Å²) in [6.07, 6.45) is 7.80. The molecule has 214 valence electrons. The summed E-state index contributed by atoms with van der Waals surface area (Å²) in [7, 11) is 0. The fourth-order valence-electron chi connectivity index (χ4n) is 2.89. The third-order valence-corrected chi connectivity index (χ3v) is 5.47. The lowest BCUT2D eigenvalue weighted by molar-refractivity contribution is -0.122. The van der Waals surface area contributed by atoms with Crippen molar-refractivity contribution in [3.63, 3.8) is 0 Å². The first kappa shape index (κ1) is 36.2. The molecule has 10 N–H and O–H groups in total. The summed E-state index contributed by atoms with van der Waals surface area (Å²) >= 11 is 0. The Morgan fingerprint density at radius 2 is 0.868 bits per heavy atom. The Morgan fingerprint density at radius 3 is 1.08 bits per heavy atom. The Labute approximate surface area is 223 Å². The monoisotopic (exact) mass is 538 g/mol. The van der Waals surface area contributed by atoms with Gasteiger partial charge in [-0.25, -0.2) is 9.59 Å². The smallest absolute Gasteiger partial charge is 0.335 e. The van der Waals surface area contributed by atoms with E-state index in [2.05, 4.69) is 0 Å². The van der Waals surface area contributed by atoms with Crippen molar-refractivity contribution < 1.29 is 39.0 Å². The first-order chi connectivity index (χ1) is 17.7. The summed E-state index contributed by atoms with van der Waals surface area (Å²) in [5, 5.41) is 16.9. The Kier molecular flexibility index (Phi) is 20.2. The molecule has 1 aromatic carbocycles. The molecular formula is C26H42N4O8. The van der Waals surface area contributed by atoms with Gasteiger partial charge >= 0.3 is 11.9 Å². The van der Waals surface area contributed by atoms with Gasteiger partial charge in [-0.05, 0) is 49.9 Å². The number of carbonyl (C=O) groups excluding carboxylic acids is 4. The van der Waals surface area contributed by atoms with Crippen LogP contribution < -0.4 is 22.9 Å². The Balaban J connectivity index is 0. The van der Waals surface area contributed by atoms with E-state index < -0.39 is 11.9 Å². The maximum absolute atomic E-state index is 10.6. The van der Waals surface area contributed by atoms with Crippen LogP contribution in [0.2, 0.25) is 0 Å². The van der Waals surface area contributed by atoms with Gasteiger partial charge in [0.25, 0.3) is 0 Å². The number of carboxylic acid groups (broad SMARTS) is 2. The minimum Gasteiger partial charge on any atom is -0.478 e. The molecule has 0 aliphatic rings. The van der Waals surface area contributed by atoms with Gasteiger partial charge in [0.15, 0.2) is 0 Å². The number of carboxylic acids is 2. The number of unbranched alkanes of at least 4 members (excludes halogenated alkanes) is 4. The van der Waals surface area contributed by atoms with E-state index in [0.29, 0.717) is 12.8 Å². The molecule has 0 saturated heterocycles. The van der Waals surface area contributed by atoms with Crippen LogP contribution in [0, 0.1) is 11.8 Å². The first-order valence-electron chi connectivity index (χ1n) is 12.4. The molecule has 0 fully saturated rings. The third-order valence-electron chi connectivity index (χ3n) is 5.47. The molecule has 0 bridgehead atoms. The summed E-state index contributed by atoms with van der Waals surface area (Å²) in [5.41, 5.74) is 20.3. The minimum absolute atomic E-state index is 0.0615. The summed E-state index contributed by atoms with van der Waals surface area (Å²) in [5.74, 6) is -3.28. The van der Waals surface area contributed by atoms with Gasteiger partial charge < -0.3 is 33.1 Å². The number of hydrogen-bond acceptors (Lipinski definition) is 6. The Hall–Kier alpha value is -3.96. The largest absolute Gasteiger partial charge is 0.478 e. The first-order valence-corrected chi connectivity index (χ1v) is 12.4. The SMILES string of the molecule is CC(CCCCCC(N)=O)C(N)=O.CC(CCCCCC(N)=O)C(N)=O.O=C(O)c1ccc(C(=O)O)cc1. The molecule has 0 spiro atoms. The average molecular weight is 539 g/mol. The van der Waals surface area contributed by atoms with Crippen molar-refractivity contribution in [2.75, 3.05) is 0 Å². The molecule has 12 heteroatoms. The van der Waals surface area contributed by atoms with E-state index in [1.807, 2.05) is 13.8 Å². The normalized spacial score (nSPS) is 11.4. The summed E-state index contributed by atoms with van der Waals surface area (Å²) in [6.45, 7) is 3.63. The maximum atomic E-state index is 10.6. The van der Waals surface area contributed by atoms with Crippen molar-refractivity contribution in [3.05, 3.63) is 35.4 Å². The summed E-state index contributed by atoms with van der Waals surface area (Å²) < 4.78 is 0. The van der Waals surface area contributed by atoms with Crippen LogP contribution in [-0.4, -0.2) is 45.8 Å². The molecule has 1 rings (SSSR count). The highest BCUT2D eigenvalue weighted by Crippen LogP contribution is 2.10. The van der Waals surface area contributed by atoms with Crippen LogP contribution in [0.1, 0.15) is 98.8 Å². The highest BCUT2D eigenvalue weighted by molar-refractivity contribution is 5.91. The van der Waals surface area contributed by atoms with Crippen LogP contribution in [0.4, 0.5) is 0 Å². The fourth-order valence-corrected chi connectivity index (χ4v) is 2.89. The van der Waals surface area contributed by atoms with Crippen molar-refractivity contribution in [2.45, 2.75) is 78.1 Å². The Morgan fingerprint density at radius 1 is 0.579 bits per heavy atom. The van der Waals surface area contributed by atoms with E-state index >= 15 is 0 Å². The zero-order valence-electron chi connectivity index (χ0n) is 22.2. The second-order valence-electron chi connectivity index (χ2n) is 8.93. The molecule has 0 heterocycles. The lowest BCUT2D eigenvalue weighted by atomic mass is 10.0. The van der Waals surface area contributed by atoms with Gasteiger partial charge in [0.05, 0.1) is 11.1 Å². The molecule has 0 aliphatic carbocycles. The standard InChI is InChI=1S/2C9H18N2O2.C8H6O4/c2*1-7(9(11)13)5-3-2-4-6-8(10)12;9-7(10)5-1-2-6(4-3-5)8(11)12/h2*7H,2-6H2,1H3,(H2,10,12)(H2,11,13);1-4H,(H,9,10)(H,11,12). The lowest BCUT2D eigenvalue weighted by Crippen LogP contribution is -2.20. The molecule has 1 aromatic rings. The number of rotatable bonds is 16. The van der Waals surface area contributed by atoms with Gasteiger partial charge in [-0.1, -0.05) is 39.5 Å². The lowest BCUT2D eigenvalue weighted by Gasteiger charge is -2.05. The second-order valence-corrected chi connectivity index (χ2v) is 8.93. The summed E-state index contributed by atoms with van der Waals surface area (Å²) in [6, 6.07) is 5.02. The molecule has 0 aromatic heterocycles. The highest BCUT2D eigenvalue weighted by atomic mass is 16.4. The van der Waals surface area contributed by atoms with Gasteiger partial charge in [-0.2, -0.15) is 0 Å². The quantitative estimate of drug-likeness (QED) is 0.170. The van der Waals surface area contributed by atoms with E-state index in [1.165, 1.54) is 24.3 Å². The number of nitrogens with two attached hydrogens (primary N) is 4. The third kappa shape index (κ3) is 21.3. The van der Waals surface area contributed by atoms with Gasteiger partial charge in [0.1, 0.15) is 0 Å². The van der Waals surface area contributed by atoms with Gasteiger partial charge in [-0.3, -0.25) is 19.2 Å². The molecule has 0 saturated carbocycles. The maximum Gasteiger partial charge on any atom is 0.335 e. The van der Waals surface area contributed by atoms with E-state index in [4.69, 9.17) is 33.1 Å². The number of primary amides is 4. The van der Waals surface area contributed by atoms with Crippen molar-refractivity contribution >= 4 is 35.6 Å². The number of carbonyl (C=O) groups is 6. The molecular weight excluding hydrogens is 496 g/mol. The molecule has 38 heavy (non-hydrogen) atoms. The van der Waals surface area contributed by atoms with E-state index in [-0.39, 0.29) is 46.6 Å². The van der Waals surface area contributed by atoms with E-state index in [0.717, 1.165) is 51.4 Å². The van der Waals surface area contributed by atoms with Gasteiger partial charge in [0.2, 0.25) is 23.6 Å². The van der Waals surface area contributed by atoms with Crippen LogP contribution >= 0.6 is 0 Å². The molecule has 12 nitrogen and oxygen atoms in total. The molecule has 2 unspecified atom stereocenters. The number of benzene rings is 1. The van der Waals surface area contributed by atoms with Crippen molar-refractivity contribution in [2.24, 2.45) is 34.8 Å². The molecule has 4 amide bonds. The molecule has 0 radical (unpaired) electrons. The fraction of sp³-hybridized carbons (Fsp3) is 0.538. The van der Waals surface area contributed by atoms with Crippen LogP contribution in [0.15, 0.2) is 24.3 Å². The molecule has 0 aliphatic heterocycles. The summed E-state index contributed by atoms with van der Waals surface area (Å²) in [4.78, 5) is 62.6. The van der Waals surface area contributed by atoms with Crippen molar-refractivity contribution in [3.8, 4) is 0 Å². The predicted molar refractivity (Wildman–Crippen MR) is 142 cm³/mol. The van der Waals surface area contributed by atoms with Crippen LogP contribution in [-0.2, 0) is 19.2 Å². The number of aromatic carboxylic acids is 2. The minimum atomic E-state index is -1.06. The predicted octanol–water partition coefficient (Wildman–Crippen LogP) is 2.17. The van der Waals surface area contributed by atoms with E-state index in [9.17, 15) is 28.8 Å².